The summed E-state index contributed by atoms with van der Waals surface area (Å²) in [6.45, 7) is 5.53. The van der Waals surface area contributed by atoms with Gasteiger partial charge in [-0.05, 0) is 37.1 Å². The molecule has 3 heterocycles. The average molecular weight is 426 g/mol. The number of nitrogens with zero attached hydrogens (tertiary/aromatic N) is 3. The number of carbonyl (C=O) groups is 1. The molecule has 1 atom stereocenters. The Hall–Kier alpha value is -1.15. The van der Waals surface area contributed by atoms with Crippen molar-refractivity contribution in [2.75, 3.05) is 58.6 Å². The van der Waals surface area contributed by atoms with Crippen molar-refractivity contribution in [1.82, 2.24) is 14.7 Å². The van der Waals surface area contributed by atoms with Crippen LogP contribution in [0.3, 0.4) is 0 Å². The van der Waals surface area contributed by atoms with E-state index < -0.39 is 14.6 Å². The number of amides is 1. The maximum Gasteiger partial charge on any atom is 0.227 e. The molecule has 28 heavy (non-hydrogen) atoms. The first kappa shape index (κ1) is 20.1. The van der Waals surface area contributed by atoms with E-state index in [4.69, 9.17) is 11.6 Å². The standard InChI is InChI=1S/C20H28ClN3O3S/c1-22-6-8-23(9-7-22)13-17-5-10-28(26,27)20(17)14-24(15-20)19(25)12-16-3-2-4-18(21)11-16/h2-4,11,17H,5-10,12-15H2,1H3. The number of carbonyl (C=O) groups excluding carboxylic acids is 1. The predicted molar refractivity (Wildman–Crippen MR) is 110 cm³/mol. The van der Waals surface area contributed by atoms with Crippen LogP contribution in [0.5, 0.6) is 0 Å². The fourth-order valence-electron chi connectivity index (χ4n) is 4.78. The number of hydrogen-bond acceptors (Lipinski definition) is 5. The second-order valence-corrected chi connectivity index (χ2v) is 11.4. The fraction of sp³-hybridized carbons (Fsp3) is 0.650. The van der Waals surface area contributed by atoms with E-state index in [9.17, 15) is 13.2 Å². The van der Waals surface area contributed by atoms with Crippen LogP contribution in [0.2, 0.25) is 5.02 Å². The highest BCUT2D eigenvalue weighted by molar-refractivity contribution is 7.93. The average Bonchev–Trinajstić information content (AvgIpc) is 2.86. The van der Waals surface area contributed by atoms with Crippen LogP contribution in [-0.4, -0.2) is 92.4 Å². The molecule has 0 saturated carbocycles. The molecule has 154 valence electrons. The Labute approximate surface area is 172 Å². The van der Waals surface area contributed by atoms with Gasteiger partial charge >= 0.3 is 0 Å². The Morgan fingerprint density at radius 1 is 1.21 bits per heavy atom. The summed E-state index contributed by atoms with van der Waals surface area (Å²) in [5.41, 5.74) is 0.863. The third kappa shape index (κ3) is 3.70. The van der Waals surface area contributed by atoms with Crippen LogP contribution in [0.15, 0.2) is 24.3 Å². The first-order chi connectivity index (χ1) is 13.3. The number of benzene rings is 1. The van der Waals surface area contributed by atoms with Crippen LogP contribution in [0, 0.1) is 5.92 Å². The minimum Gasteiger partial charge on any atom is -0.339 e. The summed E-state index contributed by atoms with van der Waals surface area (Å²) in [5, 5.41) is 0.607. The normalized spacial score (nSPS) is 27.1. The number of likely N-dealkylation sites (tertiary alicyclic amines) is 1. The molecule has 1 unspecified atom stereocenters. The van der Waals surface area contributed by atoms with Crippen molar-refractivity contribution in [2.45, 2.75) is 17.6 Å². The molecule has 1 aromatic carbocycles. The zero-order chi connectivity index (χ0) is 19.9. The van der Waals surface area contributed by atoms with E-state index in [1.54, 1.807) is 17.0 Å². The van der Waals surface area contributed by atoms with Gasteiger partial charge in [0.25, 0.3) is 0 Å². The highest BCUT2D eigenvalue weighted by Crippen LogP contribution is 2.45. The third-order valence-electron chi connectivity index (χ3n) is 6.69. The van der Waals surface area contributed by atoms with E-state index in [0.29, 0.717) is 24.5 Å². The quantitative estimate of drug-likeness (QED) is 0.724. The van der Waals surface area contributed by atoms with E-state index in [2.05, 4.69) is 16.8 Å². The maximum atomic E-state index is 12.9. The molecule has 0 bridgehead atoms. The van der Waals surface area contributed by atoms with Crippen LogP contribution in [0.1, 0.15) is 12.0 Å². The van der Waals surface area contributed by atoms with E-state index >= 15 is 0 Å². The van der Waals surface area contributed by atoms with Crippen LogP contribution in [0.25, 0.3) is 0 Å². The minimum absolute atomic E-state index is 0.0201. The van der Waals surface area contributed by atoms with E-state index in [0.717, 1.165) is 38.3 Å². The second kappa shape index (κ2) is 7.59. The van der Waals surface area contributed by atoms with Gasteiger partial charge in [0.2, 0.25) is 5.91 Å². The lowest BCUT2D eigenvalue weighted by Gasteiger charge is -2.51. The summed E-state index contributed by atoms with van der Waals surface area (Å²) in [4.78, 5) is 19.1. The third-order valence-corrected chi connectivity index (χ3v) is 9.53. The molecule has 3 fully saturated rings. The van der Waals surface area contributed by atoms with Crippen molar-refractivity contribution in [1.29, 1.82) is 0 Å². The molecule has 0 aromatic heterocycles. The van der Waals surface area contributed by atoms with Gasteiger partial charge in [-0.3, -0.25) is 4.79 Å². The van der Waals surface area contributed by atoms with Gasteiger partial charge in [-0.25, -0.2) is 8.42 Å². The molecule has 3 saturated heterocycles. The molecule has 1 amide bonds. The van der Waals surface area contributed by atoms with Gasteiger partial charge in [0.05, 0.1) is 12.2 Å². The molecule has 6 nitrogen and oxygen atoms in total. The molecular formula is C20H28ClN3O3S. The van der Waals surface area contributed by atoms with Gasteiger partial charge in [-0.1, -0.05) is 23.7 Å². The van der Waals surface area contributed by atoms with Crippen molar-refractivity contribution in [3.63, 3.8) is 0 Å². The summed E-state index contributed by atoms with van der Waals surface area (Å²) in [6, 6.07) is 7.28. The number of piperazine rings is 1. The summed E-state index contributed by atoms with van der Waals surface area (Å²) in [6.07, 6.45) is 0.977. The highest BCUT2D eigenvalue weighted by atomic mass is 35.5. The van der Waals surface area contributed by atoms with Crippen molar-refractivity contribution in [3.8, 4) is 0 Å². The fourth-order valence-corrected chi connectivity index (χ4v) is 7.40. The lowest BCUT2D eigenvalue weighted by atomic mass is 9.82. The molecule has 1 aromatic rings. The largest absolute Gasteiger partial charge is 0.339 e. The molecule has 1 spiro atoms. The summed E-state index contributed by atoms with van der Waals surface area (Å²) < 4.78 is 25.0. The van der Waals surface area contributed by atoms with Crippen molar-refractivity contribution in [3.05, 3.63) is 34.9 Å². The first-order valence-electron chi connectivity index (χ1n) is 9.94. The van der Waals surface area contributed by atoms with E-state index in [1.807, 2.05) is 12.1 Å². The molecule has 0 radical (unpaired) electrons. The van der Waals surface area contributed by atoms with Crippen molar-refractivity contribution >= 4 is 27.3 Å². The minimum atomic E-state index is -3.16. The molecular weight excluding hydrogens is 398 g/mol. The molecule has 8 heteroatoms. The summed E-state index contributed by atoms with van der Waals surface area (Å²) in [7, 11) is -1.04. The van der Waals surface area contributed by atoms with Crippen LogP contribution < -0.4 is 0 Å². The maximum absolute atomic E-state index is 12.9. The second-order valence-electron chi connectivity index (χ2n) is 8.53. The smallest absolute Gasteiger partial charge is 0.227 e. The molecule has 4 rings (SSSR count). The van der Waals surface area contributed by atoms with Gasteiger partial charge in [0.15, 0.2) is 9.84 Å². The number of hydrogen-bond donors (Lipinski definition) is 0. The molecule has 3 aliphatic heterocycles. The Kier molecular flexibility index (Phi) is 5.46. The Bertz CT molecular complexity index is 846. The lowest BCUT2D eigenvalue weighted by molar-refractivity contribution is -0.136. The highest BCUT2D eigenvalue weighted by Gasteiger charge is 2.62. The zero-order valence-corrected chi connectivity index (χ0v) is 17.9. The van der Waals surface area contributed by atoms with Crippen LogP contribution in [-0.2, 0) is 21.1 Å². The van der Waals surface area contributed by atoms with Gasteiger partial charge in [-0.15, -0.1) is 0 Å². The van der Waals surface area contributed by atoms with E-state index in [1.165, 1.54) is 0 Å². The Morgan fingerprint density at radius 2 is 1.93 bits per heavy atom. The Morgan fingerprint density at radius 3 is 2.61 bits per heavy atom. The predicted octanol–water partition coefficient (Wildman–Crippen LogP) is 1.15. The Balaban J connectivity index is 1.41. The van der Waals surface area contributed by atoms with E-state index in [-0.39, 0.29) is 24.0 Å². The topological polar surface area (TPSA) is 60.9 Å². The van der Waals surface area contributed by atoms with Gasteiger partial charge < -0.3 is 14.7 Å². The van der Waals surface area contributed by atoms with Gasteiger partial charge in [0, 0.05) is 50.8 Å². The number of sulfone groups is 1. The first-order valence-corrected chi connectivity index (χ1v) is 12.0. The molecule has 3 aliphatic rings. The number of halogens is 1. The SMILES string of the molecule is CN1CCN(CC2CCS(=O)(=O)C23CN(C(=O)Cc2cccc(Cl)c2)C3)CC1. The van der Waals surface area contributed by atoms with Gasteiger partial charge in [0.1, 0.15) is 4.75 Å². The van der Waals surface area contributed by atoms with Crippen molar-refractivity contribution < 1.29 is 13.2 Å². The zero-order valence-electron chi connectivity index (χ0n) is 16.3. The number of rotatable bonds is 4. The van der Waals surface area contributed by atoms with Crippen LogP contribution in [0.4, 0.5) is 0 Å². The van der Waals surface area contributed by atoms with Crippen LogP contribution >= 0.6 is 11.6 Å². The number of likely N-dealkylation sites (N-methyl/N-ethyl adjacent to an activating group) is 1. The monoisotopic (exact) mass is 425 g/mol. The molecule has 0 aliphatic carbocycles. The van der Waals surface area contributed by atoms with Gasteiger partial charge in [-0.2, -0.15) is 0 Å². The lowest BCUT2D eigenvalue weighted by Crippen LogP contribution is -2.69. The summed E-state index contributed by atoms with van der Waals surface area (Å²) in [5.74, 6) is 0.353. The summed E-state index contributed by atoms with van der Waals surface area (Å²) >= 11 is 6.00. The molecule has 0 N–H and O–H groups in total. The van der Waals surface area contributed by atoms with Crippen molar-refractivity contribution in [2.24, 2.45) is 5.92 Å².